The Kier molecular flexibility index (Phi) is 5.35. The molecule has 0 aliphatic carbocycles. The molecule has 0 saturated carbocycles. The fourth-order valence-corrected chi connectivity index (χ4v) is 1.93. The van der Waals surface area contributed by atoms with Gasteiger partial charge in [0.25, 0.3) is 0 Å². The molecule has 21 heavy (non-hydrogen) atoms. The van der Waals surface area contributed by atoms with Crippen molar-refractivity contribution in [1.29, 1.82) is 0 Å². The molecular weight excluding hydrogens is 268 g/mol. The zero-order valence-electron chi connectivity index (χ0n) is 12.2. The van der Waals surface area contributed by atoms with Crippen molar-refractivity contribution in [2.75, 3.05) is 27.4 Å². The first-order valence-corrected chi connectivity index (χ1v) is 6.65. The van der Waals surface area contributed by atoms with Crippen LogP contribution in [-0.2, 0) is 4.74 Å². The summed E-state index contributed by atoms with van der Waals surface area (Å²) in [5.74, 6) is 1.21. The molecular formula is C17H18O4. The number of methoxy groups -OCH3 is 2. The molecule has 0 spiro atoms. The topological polar surface area (TPSA) is 44.8 Å². The van der Waals surface area contributed by atoms with Crippen LogP contribution in [0.3, 0.4) is 0 Å². The number of carbonyl (C=O) groups excluding carboxylic acids is 1. The summed E-state index contributed by atoms with van der Waals surface area (Å²) >= 11 is 0. The third-order valence-corrected chi connectivity index (χ3v) is 3.02. The predicted molar refractivity (Wildman–Crippen MR) is 80.2 cm³/mol. The van der Waals surface area contributed by atoms with Gasteiger partial charge in [-0.3, -0.25) is 4.79 Å². The summed E-state index contributed by atoms with van der Waals surface area (Å²) < 4.78 is 15.6. The third-order valence-electron chi connectivity index (χ3n) is 3.02. The monoisotopic (exact) mass is 286 g/mol. The van der Waals surface area contributed by atoms with Crippen LogP contribution in [0.2, 0.25) is 0 Å². The van der Waals surface area contributed by atoms with Crippen molar-refractivity contribution in [3.05, 3.63) is 59.7 Å². The number of para-hydroxylation sites is 1. The number of ketones is 1. The molecule has 0 heterocycles. The zero-order chi connectivity index (χ0) is 15.1. The van der Waals surface area contributed by atoms with Gasteiger partial charge in [0.05, 0.1) is 19.3 Å². The molecule has 2 aromatic carbocycles. The summed E-state index contributed by atoms with van der Waals surface area (Å²) in [4.78, 5) is 12.5. The summed E-state index contributed by atoms with van der Waals surface area (Å²) in [6.07, 6.45) is 0. The van der Waals surface area contributed by atoms with E-state index in [4.69, 9.17) is 14.2 Å². The lowest BCUT2D eigenvalue weighted by Crippen LogP contribution is -2.06. The van der Waals surface area contributed by atoms with Gasteiger partial charge < -0.3 is 14.2 Å². The van der Waals surface area contributed by atoms with Crippen LogP contribution in [0.1, 0.15) is 15.9 Å². The van der Waals surface area contributed by atoms with E-state index in [9.17, 15) is 4.79 Å². The number of benzene rings is 2. The highest BCUT2D eigenvalue weighted by Crippen LogP contribution is 2.22. The molecule has 4 heteroatoms. The van der Waals surface area contributed by atoms with Gasteiger partial charge >= 0.3 is 0 Å². The van der Waals surface area contributed by atoms with Crippen molar-refractivity contribution in [3.63, 3.8) is 0 Å². The second kappa shape index (κ2) is 7.45. The summed E-state index contributed by atoms with van der Waals surface area (Å²) in [5.41, 5.74) is 1.15. The summed E-state index contributed by atoms with van der Waals surface area (Å²) in [7, 11) is 3.18. The molecule has 0 atom stereocenters. The Labute approximate surface area is 124 Å². The second-order valence-electron chi connectivity index (χ2n) is 4.40. The van der Waals surface area contributed by atoms with E-state index in [1.54, 1.807) is 50.6 Å². The largest absolute Gasteiger partial charge is 0.496 e. The molecule has 110 valence electrons. The summed E-state index contributed by atoms with van der Waals surface area (Å²) in [6.45, 7) is 1.01. The Hall–Kier alpha value is -2.33. The van der Waals surface area contributed by atoms with Crippen LogP contribution in [0, 0.1) is 0 Å². The van der Waals surface area contributed by atoms with Crippen LogP contribution < -0.4 is 9.47 Å². The first kappa shape index (κ1) is 15.1. The molecule has 0 fully saturated rings. The molecule has 2 rings (SSSR count). The maximum Gasteiger partial charge on any atom is 0.196 e. The smallest absolute Gasteiger partial charge is 0.196 e. The number of hydrogen-bond donors (Lipinski definition) is 0. The Morgan fingerprint density at radius 3 is 2.33 bits per heavy atom. The molecule has 2 aromatic rings. The van der Waals surface area contributed by atoms with Crippen molar-refractivity contribution in [2.24, 2.45) is 0 Å². The lowest BCUT2D eigenvalue weighted by molar-refractivity contribution is 0.103. The van der Waals surface area contributed by atoms with Crippen molar-refractivity contribution >= 4 is 5.78 Å². The van der Waals surface area contributed by atoms with Crippen LogP contribution in [0.4, 0.5) is 0 Å². The summed E-state index contributed by atoms with van der Waals surface area (Å²) in [6, 6.07) is 14.2. The molecule has 0 saturated heterocycles. The highest BCUT2D eigenvalue weighted by atomic mass is 16.5. The van der Waals surface area contributed by atoms with Gasteiger partial charge in [0.2, 0.25) is 0 Å². The SMILES string of the molecule is COCCOc1ccc(C(=O)c2ccccc2OC)cc1. The minimum Gasteiger partial charge on any atom is -0.496 e. The van der Waals surface area contributed by atoms with Crippen LogP contribution in [0.5, 0.6) is 11.5 Å². The van der Waals surface area contributed by atoms with Gasteiger partial charge in [-0.25, -0.2) is 0 Å². The van der Waals surface area contributed by atoms with Gasteiger partial charge in [-0.15, -0.1) is 0 Å². The minimum atomic E-state index is -0.0732. The molecule has 0 aliphatic rings. The zero-order valence-corrected chi connectivity index (χ0v) is 12.2. The predicted octanol–water partition coefficient (Wildman–Crippen LogP) is 2.95. The number of carbonyl (C=O) groups is 1. The van der Waals surface area contributed by atoms with Gasteiger partial charge in [-0.2, -0.15) is 0 Å². The quantitative estimate of drug-likeness (QED) is 0.580. The molecule has 0 radical (unpaired) electrons. The molecule has 0 N–H and O–H groups in total. The van der Waals surface area contributed by atoms with E-state index >= 15 is 0 Å². The first-order chi connectivity index (χ1) is 10.3. The fraction of sp³-hybridized carbons (Fsp3) is 0.235. The van der Waals surface area contributed by atoms with E-state index in [-0.39, 0.29) is 5.78 Å². The average molecular weight is 286 g/mol. The maximum absolute atomic E-state index is 12.5. The fourth-order valence-electron chi connectivity index (χ4n) is 1.93. The van der Waals surface area contributed by atoms with Crippen molar-refractivity contribution in [2.45, 2.75) is 0 Å². The standard InChI is InChI=1S/C17H18O4/c1-19-11-12-21-14-9-7-13(8-10-14)17(18)15-5-3-4-6-16(15)20-2/h3-10H,11-12H2,1-2H3. The maximum atomic E-state index is 12.5. The second-order valence-corrected chi connectivity index (χ2v) is 4.40. The van der Waals surface area contributed by atoms with Crippen LogP contribution in [0.15, 0.2) is 48.5 Å². The molecule has 4 nitrogen and oxygen atoms in total. The Balaban J connectivity index is 2.12. The molecule has 0 aliphatic heterocycles. The number of ether oxygens (including phenoxy) is 3. The third kappa shape index (κ3) is 3.83. The van der Waals surface area contributed by atoms with E-state index in [1.165, 1.54) is 0 Å². The minimum absolute atomic E-state index is 0.0732. The average Bonchev–Trinajstić information content (AvgIpc) is 2.55. The van der Waals surface area contributed by atoms with Gasteiger partial charge in [0.1, 0.15) is 18.1 Å². The van der Waals surface area contributed by atoms with E-state index in [0.29, 0.717) is 35.8 Å². The van der Waals surface area contributed by atoms with E-state index < -0.39 is 0 Å². The van der Waals surface area contributed by atoms with Crippen LogP contribution in [0.25, 0.3) is 0 Å². The van der Waals surface area contributed by atoms with Gasteiger partial charge in [0.15, 0.2) is 5.78 Å². The highest BCUT2D eigenvalue weighted by Gasteiger charge is 2.13. The van der Waals surface area contributed by atoms with Crippen molar-refractivity contribution in [1.82, 2.24) is 0 Å². The van der Waals surface area contributed by atoms with Crippen molar-refractivity contribution < 1.29 is 19.0 Å². The molecule has 0 aromatic heterocycles. The lowest BCUT2D eigenvalue weighted by atomic mass is 10.0. The lowest BCUT2D eigenvalue weighted by Gasteiger charge is -2.08. The van der Waals surface area contributed by atoms with Gasteiger partial charge in [-0.05, 0) is 36.4 Å². The van der Waals surface area contributed by atoms with E-state index in [2.05, 4.69) is 0 Å². The van der Waals surface area contributed by atoms with E-state index in [1.807, 2.05) is 12.1 Å². The normalized spacial score (nSPS) is 10.2. The van der Waals surface area contributed by atoms with Crippen LogP contribution in [-0.4, -0.2) is 33.2 Å². The van der Waals surface area contributed by atoms with Crippen molar-refractivity contribution in [3.8, 4) is 11.5 Å². The van der Waals surface area contributed by atoms with Gasteiger partial charge in [-0.1, -0.05) is 12.1 Å². The Bertz CT molecular complexity index is 590. The first-order valence-electron chi connectivity index (χ1n) is 6.65. The molecule has 0 amide bonds. The Morgan fingerprint density at radius 2 is 1.67 bits per heavy atom. The van der Waals surface area contributed by atoms with Crippen LogP contribution >= 0.6 is 0 Å². The van der Waals surface area contributed by atoms with Gasteiger partial charge in [0, 0.05) is 12.7 Å². The summed E-state index contributed by atoms with van der Waals surface area (Å²) in [5, 5.41) is 0. The molecule has 0 bridgehead atoms. The number of rotatable bonds is 7. The molecule has 0 unspecified atom stereocenters. The number of hydrogen-bond acceptors (Lipinski definition) is 4. The van der Waals surface area contributed by atoms with E-state index in [0.717, 1.165) is 0 Å². The Morgan fingerprint density at radius 1 is 0.952 bits per heavy atom. The highest BCUT2D eigenvalue weighted by molar-refractivity contribution is 6.10.